The Morgan fingerprint density at radius 2 is 1.56 bits per heavy atom. The predicted octanol–water partition coefficient (Wildman–Crippen LogP) is 4.44. The molecule has 2 aromatic carbocycles. The van der Waals surface area contributed by atoms with Crippen molar-refractivity contribution in [3.63, 3.8) is 0 Å². The van der Waals surface area contributed by atoms with Gasteiger partial charge in [0.25, 0.3) is 0 Å². The Labute approximate surface area is 168 Å². The van der Waals surface area contributed by atoms with Crippen LogP contribution in [0, 0.1) is 0 Å². The first-order valence-corrected chi connectivity index (χ1v) is 9.27. The first-order valence-electron chi connectivity index (χ1n) is 8.52. The van der Waals surface area contributed by atoms with Gasteiger partial charge >= 0.3 is 0 Å². The van der Waals surface area contributed by atoms with Gasteiger partial charge in [0.2, 0.25) is 11.8 Å². The highest BCUT2D eigenvalue weighted by atomic mass is 35.5. The third kappa shape index (κ3) is 6.08. The molecule has 0 heterocycles. The van der Waals surface area contributed by atoms with Crippen molar-refractivity contribution in [2.45, 2.75) is 19.8 Å². The number of halogens is 2. The monoisotopic (exact) mass is 406 g/mol. The van der Waals surface area contributed by atoms with Crippen molar-refractivity contribution in [2.75, 3.05) is 18.4 Å². The number of hydrogen-bond acceptors (Lipinski definition) is 3. The molecule has 5 nitrogen and oxygen atoms in total. The maximum Gasteiger partial charge on any atom is 0.244 e. The Bertz CT molecular complexity index is 805. The number of nitrogens with zero attached hydrogens (tertiary/aromatic N) is 1. The molecule has 0 aliphatic rings. The first-order chi connectivity index (χ1) is 12.9. The van der Waals surface area contributed by atoms with Crippen LogP contribution in [0.15, 0.2) is 48.5 Å². The second-order valence-corrected chi connectivity index (χ2v) is 6.66. The number of benzene rings is 2. The van der Waals surface area contributed by atoms with Crippen LogP contribution >= 0.6 is 23.2 Å². The summed E-state index contributed by atoms with van der Waals surface area (Å²) in [6.07, 6.45) is 0.138. The molecular formula is C20H20Cl2N2O3. The zero-order valence-corrected chi connectivity index (χ0v) is 16.4. The van der Waals surface area contributed by atoms with Crippen molar-refractivity contribution < 1.29 is 14.4 Å². The van der Waals surface area contributed by atoms with Crippen LogP contribution in [0.3, 0.4) is 0 Å². The Hall–Kier alpha value is -2.37. The number of nitrogens with one attached hydrogen (secondary N) is 1. The summed E-state index contributed by atoms with van der Waals surface area (Å²) in [7, 11) is 0. The summed E-state index contributed by atoms with van der Waals surface area (Å²) in [4.78, 5) is 38.1. The van der Waals surface area contributed by atoms with Crippen molar-refractivity contribution in [1.82, 2.24) is 4.90 Å². The lowest BCUT2D eigenvalue weighted by Crippen LogP contribution is -2.38. The number of amides is 2. The maximum absolute atomic E-state index is 12.4. The fourth-order valence-electron chi connectivity index (χ4n) is 2.49. The highest BCUT2D eigenvalue weighted by molar-refractivity contribution is 6.39. The molecule has 0 spiro atoms. The predicted molar refractivity (Wildman–Crippen MR) is 107 cm³/mol. The second kappa shape index (κ2) is 10.1. The third-order valence-electron chi connectivity index (χ3n) is 3.96. The van der Waals surface area contributed by atoms with E-state index in [4.69, 9.17) is 23.2 Å². The van der Waals surface area contributed by atoms with Crippen LogP contribution in [0.5, 0.6) is 0 Å². The Morgan fingerprint density at radius 1 is 0.926 bits per heavy atom. The standard InChI is InChI=1S/C20H20Cl2N2O3/c1-2-24(13-18(26)23-20-15(21)9-6-10-16(20)22)19(27)12-11-17(25)14-7-4-3-5-8-14/h3-10H,2,11-13H2,1H3,(H,23,26). The van der Waals surface area contributed by atoms with Crippen molar-refractivity contribution >= 4 is 46.5 Å². The minimum absolute atomic E-state index is 0.0434. The van der Waals surface area contributed by atoms with Crippen LogP contribution in [0.25, 0.3) is 0 Å². The van der Waals surface area contributed by atoms with E-state index in [-0.39, 0.29) is 31.1 Å². The smallest absolute Gasteiger partial charge is 0.244 e. The van der Waals surface area contributed by atoms with Crippen LogP contribution in [0.4, 0.5) is 5.69 Å². The molecule has 0 unspecified atom stereocenters. The number of carbonyl (C=O) groups excluding carboxylic acids is 3. The highest BCUT2D eigenvalue weighted by Gasteiger charge is 2.18. The third-order valence-corrected chi connectivity index (χ3v) is 4.59. The zero-order chi connectivity index (χ0) is 19.8. The lowest BCUT2D eigenvalue weighted by molar-refractivity contribution is -0.134. The van der Waals surface area contributed by atoms with Crippen LogP contribution in [0.1, 0.15) is 30.1 Å². The number of para-hydroxylation sites is 1. The van der Waals surface area contributed by atoms with E-state index >= 15 is 0 Å². The summed E-state index contributed by atoms with van der Waals surface area (Å²) in [5, 5.41) is 3.26. The van der Waals surface area contributed by atoms with E-state index in [0.717, 1.165) is 0 Å². The molecule has 0 fully saturated rings. The van der Waals surface area contributed by atoms with Crippen molar-refractivity contribution in [2.24, 2.45) is 0 Å². The van der Waals surface area contributed by atoms with Crippen LogP contribution in [0.2, 0.25) is 10.0 Å². The van der Waals surface area contributed by atoms with Gasteiger partial charge in [0.15, 0.2) is 5.78 Å². The van der Waals surface area contributed by atoms with E-state index in [1.54, 1.807) is 49.4 Å². The van der Waals surface area contributed by atoms with E-state index < -0.39 is 5.91 Å². The van der Waals surface area contributed by atoms with Gasteiger partial charge in [0.1, 0.15) is 0 Å². The van der Waals surface area contributed by atoms with Gasteiger partial charge in [0.05, 0.1) is 22.3 Å². The largest absolute Gasteiger partial charge is 0.334 e. The molecule has 0 aromatic heterocycles. The topological polar surface area (TPSA) is 66.5 Å². The second-order valence-electron chi connectivity index (χ2n) is 5.84. The minimum atomic E-state index is -0.408. The van der Waals surface area contributed by atoms with E-state index in [2.05, 4.69) is 5.32 Å². The number of carbonyl (C=O) groups is 3. The Balaban J connectivity index is 1.90. The number of hydrogen-bond donors (Lipinski definition) is 1. The SMILES string of the molecule is CCN(CC(=O)Nc1c(Cl)cccc1Cl)C(=O)CCC(=O)c1ccccc1. The maximum atomic E-state index is 12.4. The number of anilines is 1. The number of Topliss-reactive ketones (excluding diaryl/α,β-unsaturated/α-hetero) is 1. The average Bonchev–Trinajstić information content (AvgIpc) is 2.67. The van der Waals surface area contributed by atoms with Crippen molar-refractivity contribution in [3.8, 4) is 0 Å². The molecule has 0 saturated carbocycles. The van der Waals surface area contributed by atoms with E-state index in [1.165, 1.54) is 4.90 Å². The van der Waals surface area contributed by atoms with Crippen LogP contribution in [-0.2, 0) is 9.59 Å². The molecule has 1 N–H and O–H groups in total. The summed E-state index contributed by atoms with van der Waals surface area (Å²) in [6, 6.07) is 13.7. The Morgan fingerprint density at radius 3 is 2.15 bits per heavy atom. The average molecular weight is 407 g/mol. The molecule has 0 saturated heterocycles. The van der Waals surface area contributed by atoms with Crippen molar-refractivity contribution in [1.29, 1.82) is 0 Å². The first kappa shape index (κ1) is 20.9. The van der Waals surface area contributed by atoms with E-state index in [9.17, 15) is 14.4 Å². The number of likely N-dealkylation sites (N-methyl/N-ethyl adjacent to an activating group) is 1. The molecule has 0 aliphatic carbocycles. The summed E-state index contributed by atoms with van der Waals surface area (Å²) >= 11 is 12.1. The molecule has 7 heteroatoms. The zero-order valence-electron chi connectivity index (χ0n) is 14.9. The molecule has 2 amide bonds. The quantitative estimate of drug-likeness (QED) is 0.658. The van der Waals surface area contributed by atoms with Crippen LogP contribution in [-0.4, -0.2) is 35.6 Å². The molecule has 2 aromatic rings. The molecule has 27 heavy (non-hydrogen) atoms. The fourth-order valence-corrected chi connectivity index (χ4v) is 2.98. The van der Waals surface area contributed by atoms with Gasteiger partial charge < -0.3 is 10.2 Å². The molecule has 0 bridgehead atoms. The summed E-state index contributed by atoms with van der Waals surface area (Å²) < 4.78 is 0. The summed E-state index contributed by atoms with van der Waals surface area (Å²) in [5.41, 5.74) is 0.882. The molecule has 0 radical (unpaired) electrons. The number of rotatable bonds is 8. The van der Waals surface area contributed by atoms with Crippen LogP contribution < -0.4 is 5.32 Å². The lowest BCUT2D eigenvalue weighted by Gasteiger charge is -2.20. The fraction of sp³-hybridized carbons (Fsp3) is 0.250. The van der Waals surface area contributed by atoms with Gasteiger partial charge in [-0.3, -0.25) is 14.4 Å². The van der Waals surface area contributed by atoms with Gasteiger partial charge in [-0.1, -0.05) is 59.6 Å². The normalized spacial score (nSPS) is 10.3. The molecule has 142 valence electrons. The van der Waals surface area contributed by atoms with Gasteiger partial charge in [-0.25, -0.2) is 0 Å². The Kier molecular flexibility index (Phi) is 7.82. The molecule has 0 atom stereocenters. The molecular weight excluding hydrogens is 387 g/mol. The van der Waals surface area contributed by atoms with Gasteiger partial charge in [-0.2, -0.15) is 0 Å². The molecule has 0 aliphatic heterocycles. The molecule has 2 rings (SSSR count). The van der Waals surface area contributed by atoms with E-state index in [0.29, 0.717) is 27.8 Å². The van der Waals surface area contributed by atoms with Gasteiger partial charge in [0, 0.05) is 24.9 Å². The minimum Gasteiger partial charge on any atom is -0.334 e. The van der Waals surface area contributed by atoms with E-state index in [1.807, 2.05) is 6.07 Å². The highest BCUT2D eigenvalue weighted by Crippen LogP contribution is 2.29. The van der Waals surface area contributed by atoms with Crippen molar-refractivity contribution in [3.05, 3.63) is 64.1 Å². The summed E-state index contributed by atoms with van der Waals surface area (Å²) in [5.74, 6) is -0.774. The van der Waals surface area contributed by atoms with Gasteiger partial charge in [-0.15, -0.1) is 0 Å². The van der Waals surface area contributed by atoms with Gasteiger partial charge in [-0.05, 0) is 19.1 Å². The summed E-state index contributed by atoms with van der Waals surface area (Å²) in [6.45, 7) is 1.98. The number of ketones is 1. The lowest BCUT2D eigenvalue weighted by atomic mass is 10.1.